The first kappa shape index (κ1) is 16.2. The lowest BCUT2D eigenvalue weighted by molar-refractivity contribution is 0.238. The number of methoxy groups -OCH3 is 1. The molecule has 0 radical (unpaired) electrons. The second-order valence-electron chi connectivity index (χ2n) is 6.01. The predicted octanol–water partition coefficient (Wildman–Crippen LogP) is 5.25. The van der Waals surface area contributed by atoms with Gasteiger partial charge in [-0.1, -0.05) is 60.7 Å². The molecule has 0 amide bonds. The second kappa shape index (κ2) is 7.28. The molecule has 1 aliphatic heterocycles. The molecule has 4 rings (SSSR count). The fraction of sp³-hybridized carbons (Fsp3) is 0.0870. The van der Waals surface area contributed by atoms with Crippen LogP contribution in [0.3, 0.4) is 0 Å². The van der Waals surface area contributed by atoms with Gasteiger partial charge in [0.1, 0.15) is 11.9 Å². The fourth-order valence-electron chi connectivity index (χ4n) is 2.91. The number of ether oxygens (including phenoxy) is 2. The van der Waals surface area contributed by atoms with Crippen LogP contribution in [0.25, 0.3) is 5.70 Å². The Morgan fingerprint density at radius 3 is 2.00 bits per heavy atom. The van der Waals surface area contributed by atoms with E-state index in [0.717, 1.165) is 28.1 Å². The van der Waals surface area contributed by atoms with Gasteiger partial charge in [0.15, 0.2) is 0 Å². The molecule has 26 heavy (non-hydrogen) atoms. The van der Waals surface area contributed by atoms with Crippen LogP contribution in [0.2, 0.25) is 0 Å². The molecule has 0 bridgehead atoms. The molecular formula is C23H19NO2. The van der Waals surface area contributed by atoms with Crippen molar-refractivity contribution in [2.45, 2.75) is 6.10 Å². The lowest BCUT2D eigenvalue weighted by atomic mass is 10.0. The van der Waals surface area contributed by atoms with Gasteiger partial charge in [0.05, 0.1) is 12.8 Å². The summed E-state index contributed by atoms with van der Waals surface area (Å²) in [4.78, 5) is 4.76. The van der Waals surface area contributed by atoms with Crippen LogP contribution in [-0.4, -0.2) is 13.0 Å². The number of nitrogens with zero attached hydrogens (tertiary/aromatic N) is 1. The first-order valence-corrected chi connectivity index (χ1v) is 8.55. The molecule has 0 aromatic heterocycles. The lowest BCUT2D eigenvalue weighted by Crippen LogP contribution is -2.15. The van der Waals surface area contributed by atoms with Crippen LogP contribution >= 0.6 is 0 Å². The summed E-state index contributed by atoms with van der Waals surface area (Å²) in [6.07, 6.45) is 1.85. The molecule has 0 fully saturated rings. The maximum Gasteiger partial charge on any atom is 0.222 e. The number of hydrogen-bond acceptors (Lipinski definition) is 3. The summed E-state index contributed by atoms with van der Waals surface area (Å²) < 4.78 is 11.5. The van der Waals surface area contributed by atoms with Crippen LogP contribution in [0.5, 0.6) is 5.75 Å². The van der Waals surface area contributed by atoms with Crippen LogP contribution in [0.1, 0.15) is 22.8 Å². The zero-order valence-electron chi connectivity index (χ0n) is 14.5. The van der Waals surface area contributed by atoms with Crippen LogP contribution in [0.15, 0.2) is 96.0 Å². The molecular weight excluding hydrogens is 322 g/mol. The maximum absolute atomic E-state index is 6.22. The van der Waals surface area contributed by atoms with Crippen molar-refractivity contribution in [2.24, 2.45) is 4.99 Å². The molecule has 0 saturated carbocycles. The average molecular weight is 341 g/mol. The Hall–Kier alpha value is -3.33. The summed E-state index contributed by atoms with van der Waals surface area (Å²) in [6, 6.07) is 28.1. The predicted molar refractivity (Wildman–Crippen MR) is 104 cm³/mol. The third-order valence-corrected chi connectivity index (χ3v) is 4.30. The van der Waals surface area contributed by atoms with E-state index in [-0.39, 0.29) is 6.10 Å². The van der Waals surface area contributed by atoms with Gasteiger partial charge in [0, 0.05) is 11.1 Å². The Labute approximate surface area is 153 Å². The summed E-state index contributed by atoms with van der Waals surface area (Å²) in [7, 11) is 1.67. The molecule has 3 aromatic rings. The summed E-state index contributed by atoms with van der Waals surface area (Å²) in [6.45, 7) is 0. The van der Waals surface area contributed by atoms with E-state index in [0.29, 0.717) is 5.90 Å². The Balaban J connectivity index is 1.75. The van der Waals surface area contributed by atoms with Gasteiger partial charge in [-0.15, -0.1) is 0 Å². The molecule has 0 N–H and O–H groups in total. The van der Waals surface area contributed by atoms with Gasteiger partial charge in [-0.3, -0.25) is 0 Å². The Bertz CT molecular complexity index is 929. The van der Waals surface area contributed by atoms with Gasteiger partial charge in [0.25, 0.3) is 0 Å². The first-order chi connectivity index (χ1) is 12.8. The van der Waals surface area contributed by atoms with Crippen molar-refractivity contribution < 1.29 is 9.47 Å². The fourth-order valence-corrected chi connectivity index (χ4v) is 2.91. The van der Waals surface area contributed by atoms with E-state index in [1.807, 2.05) is 72.8 Å². The van der Waals surface area contributed by atoms with Gasteiger partial charge >= 0.3 is 0 Å². The SMILES string of the molecule is COc1ccc(C2C=C(c3ccccc3)N=C(c3ccccc3)O2)cc1. The van der Waals surface area contributed by atoms with E-state index in [2.05, 4.69) is 18.2 Å². The second-order valence-corrected chi connectivity index (χ2v) is 6.01. The van der Waals surface area contributed by atoms with Crippen molar-refractivity contribution in [3.05, 3.63) is 108 Å². The summed E-state index contributed by atoms with van der Waals surface area (Å²) in [5, 5.41) is 0. The number of rotatable bonds is 4. The van der Waals surface area contributed by atoms with Gasteiger partial charge < -0.3 is 9.47 Å². The molecule has 0 spiro atoms. The monoisotopic (exact) mass is 341 g/mol. The van der Waals surface area contributed by atoms with E-state index in [9.17, 15) is 0 Å². The van der Waals surface area contributed by atoms with Crippen LogP contribution in [0, 0.1) is 0 Å². The zero-order chi connectivity index (χ0) is 17.8. The van der Waals surface area contributed by atoms with E-state index >= 15 is 0 Å². The number of aliphatic imine (C=N–C) groups is 1. The van der Waals surface area contributed by atoms with Crippen molar-refractivity contribution in [1.29, 1.82) is 0 Å². The van der Waals surface area contributed by atoms with Crippen molar-refractivity contribution in [1.82, 2.24) is 0 Å². The molecule has 128 valence electrons. The minimum absolute atomic E-state index is 0.205. The standard InChI is InChI=1S/C23H19NO2/c1-25-20-14-12-18(13-15-20)22-16-21(17-8-4-2-5-9-17)24-23(26-22)19-10-6-3-7-11-19/h2-16,22H,1H3. The normalized spacial score (nSPS) is 16.3. The van der Waals surface area contributed by atoms with Crippen LogP contribution in [-0.2, 0) is 4.74 Å². The topological polar surface area (TPSA) is 30.8 Å². The Kier molecular flexibility index (Phi) is 4.52. The van der Waals surface area contributed by atoms with E-state index < -0.39 is 0 Å². The Morgan fingerprint density at radius 1 is 0.769 bits per heavy atom. The molecule has 0 aliphatic carbocycles. The van der Waals surface area contributed by atoms with E-state index in [1.54, 1.807) is 7.11 Å². The highest BCUT2D eigenvalue weighted by Crippen LogP contribution is 2.32. The minimum Gasteiger partial charge on any atom is -0.497 e. The molecule has 3 nitrogen and oxygen atoms in total. The molecule has 1 heterocycles. The molecule has 1 aliphatic rings. The van der Waals surface area contributed by atoms with Crippen molar-refractivity contribution in [2.75, 3.05) is 7.11 Å². The summed E-state index contributed by atoms with van der Waals surface area (Å²) in [5.74, 6) is 1.46. The molecule has 3 heteroatoms. The highest BCUT2D eigenvalue weighted by molar-refractivity contribution is 5.99. The number of hydrogen-bond donors (Lipinski definition) is 0. The third-order valence-electron chi connectivity index (χ3n) is 4.30. The van der Waals surface area contributed by atoms with E-state index in [1.165, 1.54) is 0 Å². The third kappa shape index (κ3) is 3.38. The van der Waals surface area contributed by atoms with Gasteiger partial charge in [-0.2, -0.15) is 0 Å². The maximum atomic E-state index is 6.22. The molecule has 1 atom stereocenters. The van der Waals surface area contributed by atoms with E-state index in [4.69, 9.17) is 14.5 Å². The minimum atomic E-state index is -0.205. The zero-order valence-corrected chi connectivity index (χ0v) is 14.5. The van der Waals surface area contributed by atoms with Gasteiger partial charge in [-0.05, 0) is 35.9 Å². The highest BCUT2D eigenvalue weighted by Gasteiger charge is 2.21. The van der Waals surface area contributed by atoms with Crippen molar-refractivity contribution >= 4 is 11.6 Å². The summed E-state index contributed by atoms with van der Waals surface area (Å²) >= 11 is 0. The quantitative estimate of drug-likeness (QED) is 0.648. The number of benzene rings is 3. The first-order valence-electron chi connectivity index (χ1n) is 8.55. The Morgan fingerprint density at radius 2 is 1.38 bits per heavy atom. The smallest absolute Gasteiger partial charge is 0.222 e. The lowest BCUT2D eigenvalue weighted by Gasteiger charge is -2.23. The summed E-state index contributed by atoms with van der Waals surface area (Å²) in [5.41, 5.74) is 4.01. The molecule has 1 unspecified atom stereocenters. The average Bonchev–Trinajstić information content (AvgIpc) is 2.75. The molecule has 3 aromatic carbocycles. The van der Waals surface area contributed by atoms with Crippen LogP contribution in [0.4, 0.5) is 0 Å². The van der Waals surface area contributed by atoms with Crippen molar-refractivity contribution in [3.63, 3.8) is 0 Å². The highest BCUT2D eigenvalue weighted by atomic mass is 16.5. The van der Waals surface area contributed by atoms with Gasteiger partial charge in [0.2, 0.25) is 5.90 Å². The molecule has 0 saturated heterocycles. The van der Waals surface area contributed by atoms with Crippen LogP contribution < -0.4 is 4.74 Å². The van der Waals surface area contributed by atoms with Crippen molar-refractivity contribution in [3.8, 4) is 5.75 Å². The largest absolute Gasteiger partial charge is 0.497 e. The van der Waals surface area contributed by atoms with Gasteiger partial charge in [-0.25, -0.2) is 4.99 Å².